The standard InChI is InChI=1S/C12H9N3S3/c1-7-8(2)10(13-4-16)12(15-6-18)11(9(7)3)14-5-17/h1-3H3. The van der Waals surface area contributed by atoms with E-state index in [4.69, 9.17) is 0 Å². The van der Waals surface area contributed by atoms with Crippen LogP contribution in [0.25, 0.3) is 0 Å². The molecule has 0 saturated carbocycles. The van der Waals surface area contributed by atoms with Crippen LogP contribution in [0, 0.1) is 20.8 Å². The first kappa shape index (κ1) is 14.7. The molecule has 0 bridgehead atoms. The molecule has 0 atom stereocenters. The van der Waals surface area contributed by atoms with Crippen molar-refractivity contribution in [3.63, 3.8) is 0 Å². The quantitative estimate of drug-likeness (QED) is 0.592. The number of aliphatic imine (C=N–C) groups is 3. The van der Waals surface area contributed by atoms with E-state index < -0.39 is 0 Å². The van der Waals surface area contributed by atoms with E-state index in [0.717, 1.165) is 16.7 Å². The zero-order valence-corrected chi connectivity index (χ0v) is 12.5. The summed E-state index contributed by atoms with van der Waals surface area (Å²) in [5, 5.41) is 7.00. The molecule has 1 aromatic carbocycles. The van der Waals surface area contributed by atoms with Crippen molar-refractivity contribution in [1.82, 2.24) is 0 Å². The molecule has 0 aromatic heterocycles. The summed E-state index contributed by atoms with van der Waals surface area (Å²) in [6.45, 7) is 5.84. The van der Waals surface area contributed by atoms with Crippen molar-refractivity contribution in [3.05, 3.63) is 16.7 Å². The Balaban J connectivity index is 3.96. The van der Waals surface area contributed by atoms with Gasteiger partial charge in [-0.25, -0.2) is 0 Å². The molecule has 0 aliphatic rings. The number of benzene rings is 1. The molecule has 1 rings (SSSR count). The summed E-state index contributed by atoms with van der Waals surface area (Å²) in [7, 11) is 0. The smallest absolute Gasteiger partial charge is 0.127 e. The summed E-state index contributed by atoms with van der Waals surface area (Å²) in [5.74, 6) is 0. The molecule has 0 heterocycles. The molecule has 6 heteroatoms. The molecule has 90 valence electrons. The Bertz CT molecular complexity index is 600. The zero-order valence-electron chi connectivity index (χ0n) is 10.1. The largest absolute Gasteiger partial charge is 0.192 e. The molecule has 0 aliphatic heterocycles. The summed E-state index contributed by atoms with van der Waals surface area (Å²) in [6.07, 6.45) is 0. The highest BCUT2D eigenvalue weighted by atomic mass is 32.1. The van der Waals surface area contributed by atoms with Gasteiger partial charge in [-0.1, -0.05) is 0 Å². The van der Waals surface area contributed by atoms with Crippen molar-refractivity contribution in [2.75, 3.05) is 0 Å². The topological polar surface area (TPSA) is 37.1 Å². The van der Waals surface area contributed by atoms with Gasteiger partial charge in [0.05, 0.1) is 15.5 Å². The predicted octanol–water partition coefficient (Wildman–Crippen LogP) is 4.81. The van der Waals surface area contributed by atoms with E-state index in [-0.39, 0.29) is 0 Å². The lowest BCUT2D eigenvalue weighted by Gasteiger charge is -2.13. The number of nitrogens with zero attached hydrogens (tertiary/aromatic N) is 3. The molecule has 3 nitrogen and oxygen atoms in total. The third-order valence-electron chi connectivity index (χ3n) is 2.76. The fourth-order valence-corrected chi connectivity index (χ4v) is 1.89. The van der Waals surface area contributed by atoms with Crippen LogP contribution in [0.5, 0.6) is 0 Å². The van der Waals surface area contributed by atoms with Crippen LogP contribution in [0.15, 0.2) is 15.0 Å². The molecule has 0 saturated heterocycles. The monoisotopic (exact) mass is 291 g/mol. The molecule has 18 heavy (non-hydrogen) atoms. The predicted molar refractivity (Wildman–Crippen MR) is 84.7 cm³/mol. The van der Waals surface area contributed by atoms with Crippen molar-refractivity contribution in [2.45, 2.75) is 20.8 Å². The molecule has 1 aromatic rings. The first-order chi connectivity index (χ1) is 8.58. The fraction of sp³-hybridized carbons (Fsp3) is 0.250. The number of rotatable bonds is 3. The van der Waals surface area contributed by atoms with Crippen LogP contribution in [0.3, 0.4) is 0 Å². The first-order valence-electron chi connectivity index (χ1n) is 4.95. The highest BCUT2D eigenvalue weighted by molar-refractivity contribution is 7.78. The summed E-state index contributed by atoms with van der Waals surface area (Å²) >= 11 is 13.9. The second-order valence-electron chi connectivity index (χ2n) is 3.53. The number of thiocarbonyl (C=S) groups is 3. The van der Waals surface area contributed by atoms with E-state index >= 15 is 0 Å². The molecule has 0 spiro atoms. The van der Waals surface area contributed by atoms with Crippen LogP contribution in [0.1, 0.15) is 16.7 Å². The Morgan fingerprint density at radius 3 is 1.28 bits per heavy atom. The minimum Gasteiger partial charge on any atom is -0.192 e. The Morgan fingerprint density at radius 2 is 0.944 bits per heavy atom. The Kier molecular flexibility index (Phi) is 5.32. The second kappa shape index (κ2) is 6.53. The van der Waals surface area contributed by atoms with Gasteiger partial charge in [-0.3, -0.25) is 0 Å². The van der Waals surface area contributed by atoms with Crippen molar-refractivity contribution in [2.24, 2.45) is 15.0 Å². The van der Waals surface area contributed by atoms with E-state index in [9.17, 15) is 0 Å². The lowest BCUT2D eigenvalue weighted by atomic mass is 9.99. The van der Waals surface area contributed by atoms with Crippen LogP contribution in [-0.4, -0.2) is 15.5 Å². The normalized spacial score (nSPS) is 8.83. The van der Waals surface area contributed by atoms with Gasteiger partial charge < -0.3 is 0 Å². The lowest BCUT2D eigenvalue weighted by Crippen LogP contribution is -1.89. The van der Waals surface area contributed by atoms with Crippen LogP contribution in [0.4, 0.5) is 17.1 Å². The molecule has 0 unspecified atom stereocenters. The van der Waals surface area contributed by atoms with E-state index in [2.05, 4.69) is 67.1 Å². The third kappa shape index (κ3) is 2.71. The highest BCUT2D eigenvalue weighted by Gasteiger charge is 2.16. The van der Waals surface area contributed by atoms with Gasteiger partial charge in [-0.15, -0.1) is 0 Å². The van der Waals surface area contributed by atoms with Gasteiger partial charge in [-0.2, -0.15) is 15.0 Å². The molecular weight excluding hydrogens is 282 g/mol. The van der Waals surface area contributed by atoms with Crippen LogP contribution >= 0.6 is 36.7 Å². The Labute approximate surface area is 121 Å². The zero-order chi connectivity index (χ0) is 13.7. The third-order valence-corrected chi connectivity index (χ3v) is 3.03. The average molecular weight is 291 g/mol. The molecular formula is C12H9N3S3. The summed E-state index contributed by atoms with van der Waals surface area (Å²) in [4.78, 5) is 12.1. The molecule has 0 aliphatic carbocycles. The second-order valence-corrected chi connectivity index (χ2v) is 4.08. The van der Waals surface area contributed by atoms with Gasteiger partial charge in [-0.05, 0) is 74.1 Å². The van der Waals surface area contributed by atoms with Crippen LogP contribution < -0.4 is 0 Å². The molecule has 0 radical (unpaired) electrons. The van der Waals surface area contributed by atoms with E-state index in [1.165, 1.54) is 0 Å². The number of isothiocyanates is 3. The van der Waals surface area contributed by atoms with Gasteiger partial charge in [0.2, 0.25) is 0 Å². The van der Waals surface area contributed by atoms with Crippen molar-refractivity contribution in [3.8, 4) is 0 Å². The fourth-order valence-electron chi connectivity index (χ4n) is 1.62. The molecule has 0 fully saturated rings. The van der Waals surface area contributed by atoms with E-state index in [1.54, 1.807) is 0 Å². The Hall–Kier alpha value is -1.38. The first-order valence-corrected chi connectivity index (χ1v) is 6.18. The van der Waals surface area contributed by atoms with Gasteiger partial charge in [0, 0.05) is 0 Å². The maximum Gasteiger partial charge on any atom is 0.127 e. The molecule has 0 N–H and O–H groups in total. The highest BCUT2D eigenvalue weighted by Crippen LogP contribution is 2.44. The van der Waals surface area contributed by atoms with E-state index in [1.807, 2.05) is 20.8 Å². The minimum absolute atomic E-state index is 0.500. The van der Waals surface area contributed by atoms with Gasteiger partial charge in [0.15, 0.2) is 0 Å². The maximum absolute atomic E-state index is 4.65. The van der Waals surface area contributed by atoms with Crippen molar-refractivity contribution in [1.29, 1.82) is 0 Å². The Morgan fingerprint density at radius 1 is 0.611 bits per heavy atom. The van der Waals surface area contributed by atoms with E-state index in [0.29, 0.717) is 17.1 Å². The summed E-state index contributed by atoms with van der Waals surface area (Å²) in [5.41, 5.74) is 4.64. The minimum atomic E-state index is 0.500. The maximum atomic E-state index is 4.65. The van der Waals surface area contributed by atoms with Crippen molar-refractivity contribution >= 4 is 69.2 Å². The van der Waals surface area contributed by atoms with Gasteiger partial charge in [0.1, 0.15) is 17.1 Å². The van der Waals surface area contributed by atoms with Gasteiger partial charge >= 0.3 is 0 Å². The summed E-state index contributed by atoms with van der Waals surface area (Å²) < 4.78 is 0. The average Bonchev–Trinajstić information content (AvgIpc) is 2.36. The van der Waals surface area contributed by atoms with Gasteiger partial charge in [0.25, 0.3) is 0 Å². The summed E-state index contributed by atoms with van der Waals surface area (Å²) in [6, 6.07) is 0. The van der Waals surface area contributed by atoms with Crippen molar-refractivity contribution < 1.29 is 0 Å². The van der Waals surface area contributed by atoms with Crippen LogP contribution in [0.2, 0.25) is 0 Å². The SMILES string of the molecule is Cc1c(C)c(N=C=S)c(N=C=S)c(N=C=S)c1C. The number of hydrogen-bond acceptors (Lipinski definition) is 6. The number of hydrogen-bond donors (Lipinski definition) is 0. The van der Waals surface area contributed by atoms with Crippen LogP contribution in [-0.2, 0) is 0 Å². The molecule has 0 amide bonds. The lowest BCUT2D eigenvalue weighted by molar-refractivity contribution is 1.23.